The summed E-state index contributed by atoms with van der Waals surface area (Å²) in [4.78, 5) is 17.4. The van der Waals surface area contributed by atoms with E-state index in [0.29, 0.717) is 19.0 Å². The van der Waals surface area contributed by atoms with E-state index in [4.69, 9.17) is 4.74 Å². The summed E-state index contributed by atoms with van der Waals surface area (Å²) in [6, 6.07) is 0. The number of aromatic nitrogens is 1. The van der Waals surface area contributed by atoms with Crippen molar-refractivity contribution in [2.24, 2.45) is 5.92 Å². The van der Waals surface area contributed by atoms with Crippen LogP contribution in [0.15, 0.2) is 5.51 Å². The highest BCUT2D eigenvalue weighted by molar-refractivity contribution is 7.09. The molecular formula is C14H21NO2S. The van der Waals surface area contributed by atoms with E-state index in [9.17, 15) is 4.79 Å². The molecule has 0 unspecified atom stereocenters. The lowest BCUT2D eigenvalue weighted by molar-refractivity contribution is -0.128. The molecule has 0 aliphatic heterocycles. The predicted octanol–water partition coefficient (Wildman–Crippen LogP) is 3.16. The SMILES string of the molecule is Cc1ncsc1CCOCC(=O)C1CCCCC1. The predicted molar refractivity (Wildman–Crippen MR) is 73.0 cm³/mol. The zero-order valence-electron chi connectivity index (χ0n) is 11.0. The van der Waals surface area contributed by atoms with Crippen molar-refractivity contribution in [1.29, 1.82) is 0 Å². The third-order valence-electron chi connectivity index (χ3n) is 3.62. The molecular weight excluding hydrogens is 246 g/mol. The minimum Gasteiger partial charge on any atom is -0.373 e. The van der Waals surface area contributed by atoms with Crippen LogP contribution in [0, 0.1) is 12.8 Å². The molecule has 1 aliphatic carbocycles. The van der Waals surface area contributed by atoms with Gasteiger partial charge in [-0.25, -0.2) is 4.98 Å². The van der Waals surface area contributed by atoms with Crippen molar-refractivity contribution in [3.63, 3.8) is 0 Å². The van der Waals surface area contributed by atoms with Crippen LogP contribution in [-0.2, 0) is 16.0 Å². The van der Waals surface area contributed by atoms with E-state index in [1.54, 1.807) is 11.3 Å². The third-order valence-corrected chi connectivity index (χ3v) is 4.62. The molecule has 0 radical (unpaired) electrons. The summed E-state index contributed by atoms with van der Waals surface area (Å²) in [5.74, 6) is 0.569. The maximum Gasteiger partial charge on any atom is 0.161 e. The molecule has 0 saturated heterocycles. The van der Waals surface area contributed by atoms with Gasteiger partial charge in [-0.15, -0.1) is 11.3 Å². The van der Waals surface area contributed by atoms with Gasteiger partial charge in [0, 0.05) is 17.2 Å². The average molecular weight is 267 g/mol. The monoisotopic (exact) mass is 267 g/mol. The van der Waals surface area contributed by atoms with Crippen molar-refractivity contribution in [2.45, 2.75) is 45.4 Å². The van der Waals surface area contributed by atoms with Crippen molar-refractivity contribution in [3.05, 3.63) is 16.1 Å². The average Bonchev–Trinajstić information content (AvgIpc) is 2.81. The van der Waals surface area contributed by atoms with Crippen LogP contribution in [-0.4, -0.2) is 24.0 Å². The topological polar surface area (TPSA) is 39.2 Å². The lowest BCUT2D eigenvalue weighted by Gasteiger charge is -2.20. The Labute approximate surface area is 113 Å². The fourth-order valence-electron chi connectivity index (χ4n) is 2.45. The summed E-state index contributed by atoms with van der Waals surface area (Å²) in [6.07, 6.45) is 6.70. The molecule has 1 fully saturated rings. The Kier molecular flexibility index (Phi) is 5.32. The van der Waals surface area contributed by atoms with Gasteiger partial charge in [0.05, 0.1) is 17.8 Å². The third kappa shape index (κ3) is 3.89. The highest BCUT2D eigenvalue weighted by Crippen LogP contribution is 2.24. The van der Waals surface area contributed by atoms with Crippen LogP contribution in [0.1, 0.15) is 42.7 Å². The zero-order valence-corrected chi connectivity index (χ0v) is 11.8. The Bertz CT molecular complexity index is 383. The van der Waals surface area contributed by atoms with E-state index in [1.165, 1.54) is 24.1 Å². The number of rotatable bonds is 6. The summed E-state index contributed by atoms with van der Waals surface area (Å²) in [5, 5.41) is 0. The lowest BCUT2D eigenvalue weighted by atomic mass is 9.86. The van der Waals surface area contributed by atoms with Gasteiger partial charge in [-0.05, 0) is 19.8 Å². The summed E-state index contributed by atoms with van der Waals surface area (Å²) in [6.45, 7) is 2.93. The fourth-order valence-corrected chi connectivity index (χ4v) is 3.21. The summed E-state index contributed by atoms with van der Waals surface area (Å²) >= 11 is 1.66. The quantitative estimate of drug-likeness (QED) is 0.743. The molecule has 2 rings (SSSR count). The van der Waals surface area contributed by atoms with Crippen molar-refractivity contribution in [3.8, 4) is 0 Å². The largest absolute Gasteiger partial charge is 0.373 e. The van der Waals surface area contributed by atoms with E-state index in [2.05, 4.69) is 4.98 Å². The van der Waals surface area contributed by atoms with Gasteiger partial charge in [-0.1, -0.05) is 19.3 Å². The molecule has 0 atom stereocenters. The van der Waals surface area contributed by atoms with Gasteiger partial charge in [-0.3, -0.25) is 4.79 Å². The Morgan fingerprint density at radius 1 is 1.44 bits per heavy atom. The number of thiazole rings is 1. The Balaban J connectivity index is 1.63. The molecule has 0 spiro atoms. The number of hydrogen-bond acceptors (Lipinski definition) is 4. The van der Waals surface area contributed by atoms with Gasteiger partial charge < -0.3 is 4.74 Å². The summed E-state index contributed by atoms with van der Waals surface area (Å²) in [7, 11) is 0. The first kappa shape index (κ1) is 13.7. The second kappa shape index (κ2) is 7.00. The molecule has 100 valence electrons. The normalized spacial score (nSPS) is 16.9. The second-order valence-corrected chi connectivity index (χ2v) is 5.90. The molecule has 1 aromatic heterocycles. The molecule has 0 aromatic carbocycles. The minimum atomic E-state index is 0.267. The van der Waals surface area contributed by atoms with Crippen LogP contribution >= 0.6 is 11.3 Å². The van der Waals surface area contributed by atoms with Gasteiger partial charge >= 0.3 is 0 Å². The van der Waals surface area contributed by atoms with Gasteiger partial charge in [0.1, 0.15) is 6.61 Å². The molecule has 0 N–H and O–H groups in total. The summed E-state index contributed by atoms with van der Waals surface area (Å²) < 4.78 is 5.51. The van der Waals surface area contributed by atoms with Crippen molar-refractivity contribution < 1.29 is 9.53 Å². The number of ether oxygens (including phenoxy) is 1. The fraction of sp³-hybridized carbons (Fsp3) is 0.714. The van der Waals surface area contributed by atoms with E-state index in [1.807, 2.05) is 12.4 Å². The van der Waals surface area contributed by atoms with E-state index >= 15 is 0 Å². The molecule has 1 heterocycles. The first-order valence-corrected chi connectivity index (χ1v) is 7.65. The smallest absolute Gasteiger partial charge is 0.161 e. The number of ketones is 1. The highest BCUT2D eigenvalue weighted by atomic mass is 32.1. The maximum absolute atomic E-state index is 11.9. The van der Waals surface area contributed by atoms with Gasteiger partial charge in [0.25, 0.3) is 0 Å². The zero-order chi connectivity index (χ0) is 12.8. The number of hydrogen-bond donors (Lipinski definition) is 0. The van der Waals surface area contributed by atoms with E-state index in [0.717, 1.165) is 25.0 Å². The number of Topliss-reactive ketones (excluding diaryl/α,β-unsaturated/α-hetero) is 1. The molecule has 1 saturated carbocycles. The Morgan fingerprint density at radius 2 is 2.22 bits per heavy atom. The van der Waals surface area contributed by atoms with Crippen LogP contribution in [0.3, 0.4) is 0 Å². The number of carbonyl (C=O) groups excluding carboxylic acids is 1. The van der Waals surface area contributed by atoms with Crippen LogP contribution in [0.2, 0.25) is 0 Å². The lowest BCUT2D eigenvalue weighted by Crippen LogP contribution is -2.22. The van der Waals surface area contributed by atoms with Crippen molar-refractivity contribution in [1.82, 2.24) is 4.98 Å². The molecule has 1 aromatic rings. The Morgan fingerprint density at radius 3 is 2.89 bits per heavy atom. The van der Waals surface area contributed by atoms with Crippen LogP contribution in [0.4, 0.5) is 0 Å². The van der Waals surface area contributed by atoms with Crippen molar-refractivity contribution >= 4 is 17.1 Å². The molecule has 3 nitrogen and oxygen atoms in total. The van der Waals surface area contributed by atoms with Crippen molar-refractivity contribution in [2.75, 3.05) is 13.2 Å². The molecule has 1 aliphatic rings. The van der Waals surface area contributed by atoms with Crippen LogP contribution in [0.25, 0.3) is 0 Å². The number of carbonyl (C=O) groups is 1. The standard InChI is InChI=1S/C14H21NO2S/c1-11-14(18-10-15-11)7-8-17-9-13(16)12-5-3-2-4-6-12/h10,12H,2-9H2,1H3. The molecule has 0 bridgehead atoms. The van der Waals surface area contributed by atoms with Crippen LogP contribution < -0.4 is 0 Å². The molecule has 18 heavy (non-hydrogen) atoms. The van der Waals surface area contributed by atoms with E-state index in [-0.39, 0.29) is 5.92 Å². The second-order valence-electron chi connectivity index (χ2n) is 4.96. The highest BCUT2D eigenvalue weighted by Gasteiger charge is 2.20. The van der Waals surface area contributed by atoms with Gasteiger partial charge in [-0.2, -0.15) is 0 Å². The molecule has 0 amide bonds. The van der Waals surface area contributed by atoms with Crippen LogP contribution in [0.5, 0.6) is 0 Å². The number of nitrogens with zero attached hydrogens (tertiary/aromatic N) is 1. The first-order valence-electron chi connectivity index (χ1n) is 6.77. The number of aryl methyl sites for hydroxylation is 1. The van der Waals surface area contributed by atoms with Gasteiger partial charge in [0.2, 0.25) is 0 Å². The first-order chi connectivity index (χ1) is 8.77. The van der Waals surface area contributed by atoms with Gasteiger partial charge in [0.15, 0.2) is 5.78 Å². The molecule has 4 heteroatoms. The maximum atomic E-state index is 11.9. The van der Waals surface area contributed by atoms with E-state index < -0.39 is 0 Å². The summed E-state index contributed by atoms with van der Waals surface area (Å²) in [5.41, 5.74) is 2.94. The minimum absolute atomic E-state index is 0.267. The Hall–Kier alpha value is -0.740.